The Morgan fingerprint density at radius 2 is 2.15 bits per heavy atom. The number of benzene rings is 1. The molecule has 20 heavy (non-hydrogen) atoms. The van der Waals surface area contributed by atoms with Gasteiger partial charge >= 0.3 is 0 Å². The molecule has 1 heterocycles. The van der Waals surface area contributed by atoms with Crippen LogP contribution < -0.4 is 11.3 Å². The van der Waals surface area contributed by atoms with Crippen LogP contribution in [0.25, 0.3) is 0 Å². The Bertz CT molecular complexity index is 565. The first-order valence-electron chi connectivity index (χ1n) is 6.95. The van der Waals surface area contributed by atoms with Gasteiger partial charge in [0.25, 0.3) is 0 Å². The van der Waals surface area contributed by atoms with Gasteiger partial charge in [-0.3, -0.25) is 16.0 Å². The van der Waals surface area contributed by atoms with Crippen LogP contribution in [0.2, 0.25) is 5.02 Å². The quantitative estimate of drug-likeness (QED) is 0.636. The van der Waals surface area contributed by atoms with E-state index in [4.69, 9.17) is 17.4 Å². The summed E-state index contributed by atoms with van der Waals surface area (Å²) in [6, 6.07) is 9.96. The Hall–Kier alpha value is -1.36. The molecule has 0 fully saturated rings. The van der Waals surface area contributed by atoms with Crippen molar-refractivity contribution in [2.45, 2.75) is 39.3 Å². The number of nitrogens with two attached hydrogens (primary N) is 1. The van der Waals surface area contributed by atoms with Gasteiger partial charge < -0.3 is 0 Å². The molecule has 0 saturated carbocycles. The predicted octanol–water partition coefficient (Wildman–Crippen LogP) is 2.87. The zero-order chi connectivity index (χ0) is 14.5. The van der Waals surface area contributed by atoms with Crippen LogP contribution in [0.3, 0.4) is 0 Å². The van der Waals surface area contributed by atoms with E-state index >= 15 is 0 Å². The zero-order valence-corrected chi connectivity index (χ0v) is 12.7. The highest BCUT2D eigenvalue weighted by molar-refractivity contribution is 6.30. The third kappa shape index (κ3) is 3.39. The highest BCUT2D eigenvalue weighted by Gasteiger charge is 2.15. The fraction of sp³-hybridized carbons (Fsp3) is 0.400. The fourth-order valence-corrected chi connectivity index (χ4v) is 2.53. The van der Waals surface area contributed by atoms with Gasteiger partial charge in [0.05, 0.1) is 11.7 Å². The van der Waals surface area contributed by atoms with Crippen LogP contribution in [0.15, 0.2) is 30.3 Å². The van der Waals surface area contributed by atoms with Crippen molar-refractivity contribution in [1.82, 2.24) is 15.2 Å². The van der Waals surface area contributed by atoms with E-state index in [9.17, 15) is 0 Å². The van der Waals surface area contributed by atoms with Gasteiger partial charge in [-0.05, 0) is 37.1 Å². The minimum atomic E-state index is 0.0282. The van der Waals surface area contributed by atoms with Gasteiger partial charge in [-0.2, -0.15) is 5.10 Å². The molecule has 0 radical (unpaired) electrons. The molecule has 1 aromatic carbocycles. The lowest BCUT2D eigenvalue weighted by atomic mass is 10.0. The zero-order valence-electron chi connectivity index (χ0n) is 11.9. The molecule has 0 aliphatic carbocycles. The van der Waals surface area contributed by atoms with Gasteiger partial charge in [0.2, 0.25) is 0 Å². The Morgan fingerprint density at radius 1 is 1.35 bits per heavy atom. The van der Waals surface area contributed by atoms with E-state index in [2.05, 4.69) is 30.4 Å². The van der Waals surface area contributed by atoms with E-state index < -0.39 is 0 Å². The molecule has 0 spiro atoms. The van der Waals surface area contributed by atoms with Crippen LogP contribution in [-0.4, -0.2) is 9.78 Å². The van der Waals surface area contributed by atoms with Crippen LogP contribution in [0.5, 0.6) is 0 Å². The minimum absolute atomic E-state index is 0.0282. The number of hydrogen-bond donors (Lipinski definition) is 2. The Morgan fingerprint density at radius 3 is 2.75 bits per heavy atom. The molecule has 1 aromatic heterocycles. The smallest absolute Gasteiger partial charge is 0.0624 e. The van der Waals surface area contributed by atoms with Gasteiger partial charge in [-0.15, -0.1) is 0 Å². The van der Waals surface area contributed by atoms with E-state index in [1.54, 1.807) is 0 Å². The first kappa shape index (κ1) is 15.0. The van der Waals surface area contributed by atoms with Crippen molar-refractivity contribution in [2.75, 3.05) is 0 Å². The molecule has 5 heteroatoms. The predicted molar refractivity (Wildman–Crippen MR) is 82.5 cm³/mol. The van der Waals surface area contributed by atoms with E-state index in [0.29, 0.717) is 0 Å². The van der Waals surface area contributed by atoms with Crippen molar-refractivity contribution >= 4 is 11.6 Å². The molecule has 1 unspecified atom stereocenters. The number of halogens is 1. The van der Waals surface area contributed by atoms with Crippen molar-refractivity contribution in [3.05, 3.63) is 52.3 Å². The van der Waals surface area contributed by atoms with Crippen LogP contribution in [0, 0.1) is 0 Å². The van der Waals surface area contributed by atoms with Crippen molar-refractivity contribution in [3.8, 4) is 0 Å². The maximum Gasteiger partial charge on any atom is 0.0624 e. The van der Waals surface area contributed by atoms with Gasteiger partial charge in [-0.1, -0.05) is 30.7 Å². The molecule has 0 aliphatic rings. The first-order valence-corrected chi connectivity index (χ1v) is 7.32. The molecule has 2 rings (SSSR count). The van der Waals surface area contributed by atoms with Gasteiger partial charge in [0.1, 0.15) is 0 Å². The van der Waals surface area contributed by atoms with Crippen molar-refractivity contribution in [3.63, 3.8) is 0 Å². The number of aryl methyl sites for hydroxylation is 2. The normalized spacial score (nSPS) is 12.6. The topological polar surface area (TPSA) is 55.9 Å². The Balaban J connectivity index is 2.24. The highest BCUT2D eigenvalue weighted by Crippen LogP contribution is 2.21. The summed E-state index contributed by atoms with van der Waals surface area (Å²) in [5, 5.41) is 5.29. The van der Waals surface area contributed by atoms with Crippen LogP contribution in [0.1, 0.15) is 36.8 Å². The van der Waals surface area contributed by atoms with E-state index in [0.717, 1.165) is 35.7 Å². The maximum atomic E-state index is 6.05. The summed E-state index contributed by atoms with van der Waals surface area (Å²) >= 11 is 6.05. The van der Waals surface area contributed by atoms with Crippen LogP contribution in [-0.2, 0) is 19.4 Å². The Kier molecular flexibility index (Phi) is 5.17. The summed E-state index contributed by atoms with van der Waals surface area (Å²) in [5.41, 5.74) is 6.26. The lowest BCUT2D eigenvalue weighted by Gasteiger charge is -2.17. The molecular weight excluding hydrogens is 272 g/mol. The van der Waals surface area contributed by atoms with E-state index in [1.807, 2.05) is 28.9 Å². The Labute approximate surface area is 124 Å². The molecular formula is C15H21ClN4. The fourth-order valence-electron chi connectivity index (χ4n) is 2.33. The monoisotopic (exact) mass is 292 g/mol. The summed E-state index contributed by atoms with van der Waals surface area (Å²) in [6.07, 6.45) is 1.73. The molecule has 0 bridgehead atoms. The number of rotatable bonds is 6. The number of hydrogen-bond acceptors (Lipinski definition) is 3. The standard InChI is InChI=1S/C15H21ClN4/c1-3-13-9-14(20(4-2)19-13)10-15(18-17)11-6-5-7-12(16)8-11/h5-9,15,18H,3-4,10,17H2,1-2H3. The molecule has 4 nitrogen and oxygen atoms in total. The van der Waals surface area contributed by atoms with Crippen molar-refractivity contribution in [1.29, 1.82) is 0 Å². The van der Waals surface area contributed by atoms with Crippen molar-refractivity contribution in [2.24, 2.45) is 5.84 Å². The number of aromatic nitrogens is 2. The van der Waals surface area contributed by atoms with Crippen LogP contribution in [0.4, 0.5) is 0 Å². The van der Waals surface area contributed by atoms with Gasteiger partial charge in [0.15, 0.2) is 0 Å². The lowest BCUT2D eigenvalue weighted by Crippen LogP contribution is -2.30. The summed E-state index contributed by atoms with van der Waals surface area (Å²) in [6.45, 7) is 5.07. The largest absolute Gasteiger partial charge is 0.271 e. The molecule has 0 saturated heterocycles. The number of nitrogens with zero attached hydrogens (tertiary/aromatic N) is 2. The molecule has 1 atom stereocenters. The molecule has 108 valence electrons. The molecule has 3 N–H and O–H groups in total. The van der Waals surface area contributed by atoms with Crippen molar-refractivity contribution < 1.29 is 0 Å². The van der Waals surface area contributed by atoms with E-state index in [-0.39, 0.29) is 6.04 Å². The third-order valence-electron chi connectivity index (χ3n) is 3.44. The van der Waals surface area contributed by atoms with E-state index in [1.165, 1.54) is 5.69 Å². The van der Waals surface area contributed by atoms with Crippen LogP contribution >= 0.6 is 11.6 Å². The number of hydrazine groups is 1. The maximum absolute atomic E-state index is 6.05. The molecule has 2 aromatic rings. The second-order valence-corrected chi connectivity index (χ2v) is 5.21. The second kappa shape index (κ2) is 6.88. The summed E-state index contributed by atoms with van der Waals surface area (Å²) in [7, 11) is 0. The summed E-state index contributed by atoms with van der Waals surface area (Å²) in [4.78, 5) is 0. The van der Waals surface area contributed by atoms with Gasteiger partial charge in [-0.25, -0.2) is 0 Å². The average molecular weight is 293 g/mol. The molecule has 0 aliphatic heterocycles. The highest BCUT2D eigenvalue weighted by atomic mass is 35.5. The SMILES string of the molecule is CCc1cc(CC(NN)c2cccc(Cl)c2)n(CC)n1. The lowest BCUT2D eigenvalue weighted by molar-refractivity contribution is 0.516. The molecule has 0 amide bonds. The first-order chi connectivity index (χ1) is 9.67. The number of nitrogens with one attached hydrogen (secondary N) is 1. The van der Waals surface area contributed by atoms with Gasteiger partial charge in [0, 0.05) is 23.7 Å². The third-order valence-corrected chi connectivity index (χ3v) is 3.68. The summed E-state index contributed by atoms with van der Waals surface area (Å²) < 4.78 is 2.04. The summed E-state index contributed by atoms with van der Waals surface area (Å²) in [5.74, 6) is 5.71. The minimum Gasteiger partial charge on any atom is -0.271 e. The average Bonchev–Trinajstić information content (AvgIpc) is 2.87. The second-order valence-electron chi connectivity index (χ2n) is 4.77.